The normalized spacial score (nSPS) is 22.0. The first-order chi connectivity index (χ1) is 12.1. The third-order valence-electron chi connectivity index (χ3n) is 4.68. The average molecular weight is 340 g/mol. The third-order valence-corrected chi connectivity index (χ3v) is 4.68. The fraction of sp³-hybridized carbons (Fsp3) is 0.389. The summed E-state index contributed by atoms with van der Waals surface area (Å²) in [7, 11) is 0. The molecule has 7 heteroatoms. The third kappa shape index (κ3) is 2.97. The van der Waals surface area contributed by atoms with Gasteiger partial charge in [-0.15, -0.1) is 0 Å². The molecule has 7 nitrogen and oxygen atoms in total. The van der Waals surface area contributed by atoms with Crippen LogP contribution in [0.1, 0.15) is 19.2 Å². The molecule has 0 fully saturated rings. The number of anilines is 1. The molecular weight excluding hydrogens is 320 g/mol. The summed E-state index contributed by atoms with van der Waals surface area (Å²) < 4.78 is 7.66. The molecule has 2 unspecified atom stereocenters. The summed E-state index contributed by atoms with van der Waals surface area (Å²) in [6, 6.07) is 7.34. The van der Waals surface area contributed by atoms with Gasteiger partial charge in [-0.3, -0.25) is 14.5 Å². The summed E-state index contributed by atoms with van der Waals surface area (Å²) in [6.45, 7) is 2.41. The maximum atomic E-state index is 12.5. The Balaban J connectivity index is 1.45. The molecule has 0 saturated heterocycles. The fourth-order valence-electron chi connectivity index (χ4n) is 3.42. The van der Waals surface area contributed by atoms with Crippen LogP contribution in [0.3, 0.4) is 0 Å². The van der Waals surface area contributed by atoms with Gasteiger partial charge in [-0.05, 0) is 25.5 Å². The van der Waals surface area contributed by atoms with Crippen molar-refractivity contribution in [2.24, 2.45) is 0 Å². The Hall–Kier alpha value is -2.83. The minimum atomic E-state index is -0.592. The number of hydrogen-bond donors (Lipinski definition) is 1. The zero-order valence-corrected chi connectivity index (χ0v) is 14.0. The van der Waals surface area contributed by atoms with Gasteiger partial charge in [0.2, 0.25) is 5.91 Å². The van der Waals surface area contributed by atoms with Crippen molar-refractivity contribution in [1.82, 2.24) is 14.9 Å². The predicted octanol–water partition coefficient (Wildman–Crippen LogP) is 1.13. The highest BCUT2D eigenvalue weighted by atomic mass is 16.5. The van der Waals surface area contributed by atoms with Gasteiger partial charge in [-0.2, -0.15) is 0 Å². The zero-order valence-electron chi connectivity index (χ0n) is 14.0. The number of nitrogens with one attached hydrogen (secondary N) is 1. The highest BCUT2D eigenvalue weighted by Crippen LogP contribution is 2.33. The molecule has 2 amide bonds. The van der Waals surface area contributed by atoms with E-state index in [9.17, 15) is 9.59 Å². The first-order valence-electron chi connectivity index (χ1n) is 8.48. The van der Waals surface area contributed by atoms with Gasteiger partial charge in [0.05, 0.1) is 5.69 Å². The molecule has 1 aromatic heterocycles. The molecule has 2 aliphatic heterocycles. The predicted molar refractivity (Wildman–Crippen MR) is 91.4 cm³/mol. The number of aryl methyl sites for hydroxylation is 1. The van der Waals surface area contributed by atoms with E-state index in [0.717, 1.165) is 18.7 Å². The number of para-hydroxylation sites is 2. The van der Waals surface area contributed by atoms with Crippen molar-refractivity contribution in [2.75, 3.05) is 11.4 Å². The zero-order chi connectivity index (χ0) is 17.4. The standard InChI is InChI=1S/C18H20N4O3/c1-12-18(24)22(14-4-2-3-5-15(14)25-12)11-17(23)20-13-6-7-16-19-8-9-21(16)10-13/h2-5,8-9,12-13H,6-7,10-11H2,1H3,(H,20,23). The molecule has 0 saturated carbocycles. The summed E-state index contributed by atoms with van der Waals surface area (Å²) >= 11 is 0. The molecule has 0 bridgehead atoms. The minimum absolute atomic E-state index is 0.00314. The number of carbonyl (C=O) groups excluding carboxylic acids is 2. The van der Waals surface area contributed by atoms with Crippen LogP contribution in [0.5, 0.6) is 5.75 Å². The van der Waals surface area contributed by atoms with E-state index in [1.54, 1.807) is 19.2 Å². The molecular formula is C18H20N4O3. The first-order valence-corrected chi connectivity index (χ1v) is 8.48. The number of aromatic nitrogens is 2. The Bertz CT molecular complexity index is 816. The molecule has 3 heterocycles. The van der Waals surface area contributed by atoms with Crippen molar-refractivity contribution in [2.45, 2.75) is 38.5 Å². The Labute approximate surface area is 145 Å². The van der Waals surface area contributed by atoms with Crippen LogP contribution in [0.15, 0.2) is 36.7 Å². The quantitative estimate of drug-likeness (QED) is 0.909. The van der Waals surface area contributed by atoms with Crippen LogP contribution in [0.25, 0.3) is 0 Å². The summed E-state index contributed by atoms with van der Waals surface area (Å²) in [4.78, 5) is 30.8. The van der Waals surface area contributed by atoms with Gasteiger partial charge in [0.25, 0.3) is 5.91 Å². The molecule has 0 aliphatic carbocycles. The summed E-state index contributed by atoms with van der Waals surface area (Å²) in [5, 5.41) is 3.04. The molecule has 25 heavy (non-hydrogen) atoms. The Morgan fingerprint density at radius 1 is 1.40 bits per heavy atom. The highest BCUT2D eigenvalue weighted by molar-refractivity contribution is 6.03. The number of carbonyl (C=O) groups is 2. The van der Waals surface area contributed by atoms with E-state index in [1.807, 2.05) is 24.4 Å². The van der Waals surface area contributed by atoms with Gasteiger partial charge in [0.15, 0.2) is 6.10 Å². The van der Waals surface area contributed by atoms with E-state index in [-0.39, 0.29) is 24.4 Å². The van der Waals surface area contributed by atoms with Gasteiger partial charge in [0.1, 0.15) is 18.1 Å². The second-order valence-electron chi connectivity index (χ2n) is 6.45. The molecule has 1 N–H and O–H groups in total. The Kier molecular flexibility index (Phi) is 3.91. The molecule has 0 spiro atoms. The topological polar surface area (TPSA) is 76.5 Å². The van der Waals surface area contributed by atoms with Crippen molar-refractivity contribution in [3.8, 4) is 5.75 Å². The minimum Gasteiger partial charge on any atom is -0.479 e. The molecule has 2 aliphatic rings. The number of rotatable bonds is 3. The van der Waals surface area contributed by atoms with Crippen LogP contribution in [0.2, 0.25) is 0 Å². The number of ether oxygens (including phenoxy) is 1. The van der Waals surface area contributed by atoms with E-state index in [0.29, 0.717) is 18.0 Å². The number of fused-ring (bicyclic) bond motifs is 2. The van der Waals surface area contributed by atoms with Gasteiger partial charge >= 0.3 is 0 Å². The maximum absolute atomic E-state index is 12.5. The van der Waals surface area contributed by atoms with Crippen LogP contribution in [0.4, 0.5) is 5.69 Å². The second-order valence-corrected chi connectivity index (χ2v) is 6.45. The fourth-order valence-corrected chi connectivity index (χ4v) is 3.42. The molecule has 4 rings (SSSR count). The van der Waals surface area contributed by atoms with Crippen LogP contribution in [-0.2, 0) is 22.6 Å². The maximum Gasteiger partial charge on any atom is 0.268 e. The van der Waals surface area contributed by atoms with Gasteiger partial charge in [-0.1, -0.05) is 12.1 Å². The highest BCUT2D eigenvalue weighted by Gasteiger charge is 2.33. The number of hydrogen-bond acceptors (Lipinski definition) is 4. The molecule has 0 radical (unpaired) electrons. The molecule has 130 valence electrons. The van der Waals surface area contributed by atoms with Crippen LogP contribution < -0.4 is 15.0 Å². The van der Waals surface area contributed by atoms with E-state index < -0.39 is 6.10 Å². The van der Waals surface area contributed by atoms with E-state index in [1.165, 1.54) is 4.90 Å². The van der Waals surface area contributed by atoms with Crippen molar-refractivity contribution < 1.29 is 14.3 Å². The van der Waals surface area contributed by atoms with Crippen LogP contribution >= 0.6 is 0 Å². The summed E-state index contributed by atoms with van der Waals surface area (Å²) in [6.07, 6.45) is 4.81. The molecule has 2 aromatic rings. The monoisotopic (exact) mass is 340 g/mol. The Morgan fingerprint density at radius 2 is 2.24 bits per heavy atom. The number of amides is 2. The lowest BCUT2D eigenvalue weighted by molar-refractivity contribution is -0.128. The number of benzene rings is 1. The summed E-state index contributed by atoms with van der Waals surface area (Å²) in [5.41, 5.74) is 0.640. The van der Waals surface area contributed by atoms with Crippen molar-refractivity contribution in [1.29, 1.82) is 0 Å². The molecule has 2 atom stereocenters. The molecule has 1 aromatic carbocycles. The van der Waals surface area contributed by atoms with E-state index >= 15 is 0 Å². The van der Waals surface area contributed by atoms with Crippen molar-refractivity contribution in [3.63, 3.8) is 0 Å². The summed E-state index contributed by atoms with van der Waals surface area (Å²) in [5.74, 6) is 1.32. The first kappa shape index (κ1) is 15.7. The Morgan fingerprint density at radius 3 is 3.12 bits per heavy atom. The lowest BCUT2D eigenvalue weighted by Gasteiger charge is -2.33. The lowest BCUT2D eigenvalue weighted by Crippen LogP contribution is -2.51. The number of nitrogens with zero attached hydrogens (tertiary/aromatic N) is 3. The van der Waals surface area contributed by atoms with Crippen LogP contribution in [0, 0.1) is 0 Å². The number of imidazole rings is 1. The SMILES string of the molecule is CC1Oc2ccccc2N(CC(=O)NC2CCc3nccn3C2)C1=O. The van der Waals surface area contributed by atoms with Crippen LogP contribution in [-0.4, -0.2) is 40.1 Å². The van der Waals surface area contributed by atoms with Crippen molar-refractivity contribution >= 4 is 17.5 Å². The van der Waals surface area contributed by atoms with Crippen molar-refractivity contribution in [3.05, 3.63) is 42.5 Å². The van der Waals surface area contributed by atoms with E-state index in [2.05, 4.69) is 14.9 Å². The van der Waals surface area contributed by atoms with E-state index in [4.69, 9.17) is 4.74 Å². The van der Waals surface area contributed by atoms with Gasteiger partial charge in [-0.25, -0.2) is 4.98 Å². The second kappa shape index (κ2) is 6.23. The largest absolute Gasteiger partial charge is 0.479 e. The average Bonchev–Trinajstić information content (AvgIpc) is 3.06. The smallest absolute Gasteiger partial charge is 0.268 e. The lowest BCUT2D eigenvalue weighted by atomic mass is 10.1. The van der Waals surface area contributed by atoms with Gasteiger partial charge < -0.3 is 14.6 Å². The van der Waals surface area contributed by atoms with Gasteiger partial charge in [0, 0.05) is 31.4 Å².